The van der Waals surface area contributed by atoms with Gasteiger partial charge in [-0.15, -0.1) is 0 Å². The van der Waals surface area contributed by atoms with Crippen LogP contribution in [0, 0.1) is 13.8 Å². The fraction of sp³-hybridized carbons (Fsp3) is 0.706. The van der Waals surface area contributed by atoms with Gasteiger partial charge in [-0.2, -0.15) is 0 Å². The molecule has 0 radical (unpaired) electrons. The van der Waals surface area contributed by atoms with Crippen molar-refractivity contribution in [3.05, 3.63) is 22.9 Å². The summed E-state index contributed by atoms with van der Waals surface area (Å²) in [5, 5.41) is 3.54. The first-order valence-corrected chi connectivity index (χ1v) is 8.11. The van der Waals surface area contributed by atoms with Crippen LogP contribution in [0.5, 0.6) is 5.88 Å². The molecule has 0 unspecified atom stereocenters. The van der Waals surface area contributed by atoms with Crippen molar-refractivity contribution in [2.24, 2.45) is 0 Å². The van der Waals surface area contributed by atoms with E-state index in [-0.39, 0.29) is 0 Å². The number of pyridine rings is 1. The third-order valence-electron chi connectivity index (χ3n) is 3.69. The van der Waals surface area contributed by atoms with Crippen LogP contribution in [-0.2, 0) is 11.3 Å². The lowest BCUT2D eigenvalue weighted by molar-refractivity contribution is 0.0960. The number of ether oxygens (including phenoxy) is 2. The van der Waals surface area contributed by atoms with E-state index in [0.717, 1.165) is 37.6 Å². The molecule has 0 aromatic carbocycles. The van der Waals surface area contributed by atoms with Crippen molar-refractivity contribution in [2.45, 2.75) is 59.0 Å². The summed E-state index contributed by atoms with van der Waals surface area (Å²) >= 11 is 0. The molecule has 0 spiro atoms. The van der Waals surface area contributed by atoms with Gasteiger partial charge in [-0.05, 0) is 44.7 Å². The molecule has 2 rings (SSSR count). The van der Waals surface area contributed by atoms with Crippen LogP contribution < -0.4 is 10.1 Å². The molecule has 4 heteroatoms. The molecule has 1 fully saturated rings. The first kappa shape index (κ1) is 16.2. The molecule has 21 heavy (non-hydrogen) atoms. The van der Waals surface area contributed by atoms with Crippen molar-refractivity contribution < 1.29 is 9.47 Å². The minimum atomic E-state index is 0.566. The molecular formula is C17H28N2O2. The second kappa shape index (κ2) is 8.35. The smallest absolute Gasteiger partial charge is 0.218 e. The Morgan fingerprint density at radius 1 is 1.24 bits per heavy atom. The van der Waals surface area contributed by atoms with Gasteiger partial charge in [0, 0.05) is 30.5 Å². The fourth-order valence-electron chi connectivity index (χ4n) is 2.24. The first-order valence-electron chi connectivity index (χ1n) is 8.11. The Labute approximate surface area is 128 Å². The minimum Gasteiger partial charge on any atom is -0.475 e. The monoisotopic (exact) mass is 292 g/mol. The van der Waals surface area contributed by atoms with Gasteiger partial charge in [0.1, 0.15) is 6.61 Å². The summed E-state index contributed by atoms with van der Waals surface area (Å²) in [6.45, 7) is 9.16. The van der Waals surface area contributed by atoms with Gasteiger partial charge in [0.2, 0.25) is 5.88 Å². The maximum absolute atomic E-state index is 5.86. The van der Waals surface area contributed by atoms with E-state index in [1.54, 1.807) is 0 Å². The van der Waals surface area contributed by atoms with Crippen LogP contribution >= 0.6 is 0 Å². The van der Waals surface area contributed by atoms with Gasteiger partial charge >= 0.3 is 0 Å². The fourth-order valence-corrected chi connectivity index (χ4v) is 2.24. The zero-order chi connectivity index (χ0) is 15.1. The summed E-state index contributed by atoms with van der Waals surface area (Å²) in [4.78, 5) is 4.55. The third kappa shape index (κ3) is 5.64. The predicted molar refractivity (Wildman–Crippen MR) is 84.8 cm³/mol. The molecule has 1 heterocycles. The Balaban J connectivity index is 1.86. The maximum Gasteiger partial charge on any atom is 0.218 e. The summed E-state index contributed by atoms with van der Waals surface area (Å²) in [6, 6.07) is 2.81. The van der Waals surface area contributed by atoms with Gasteiger partial charge < -0.3 is 14.8 Å². The van der Waals surface area contributed by atoms with E-state index in [0.29, 0.717) is 19.3 Å². The van der Waals surface area contributed by atoms with E-state index in [4.69, 9.17) is 9.47 Å². The van der Waals surface area contributed by atoms with Crippen LogP contribution in [0.15, 0.2) is 6.07 Å². The molecule has 0 amide bonds. The number of unbranched alkanes of at least 4 members (excludes halogenated alkanes) is 1. The highest BCUT2D eigenvalue weighted by molar-refractivity contribution is 5.36. The molecule has 0 aliphatic heterocycles. The van der Waals surface area contributed by atoms with E-state index >= 15 is 0 Å². The average molecular weight is 292 g/mol. The number of nitrogens with zero attached hydrogens (tertiary/aromatic N) is 1. The molecule has 4 nitrogen and oxygen atoms in total. The molecule has 1 aliphatic carbocycles. The lowest BCUT2D eigenvalue weighted by Crippen LogP contribution is -2.18. The standard InChI is InChI=1S/C17H28N2O2/c1-4-5-8-20-9-10-21-17-16(12-18-15-6-7-15)13(2)11-14(3)19-17/h11,15,18H,4-10,12H2,1-3H3. The average Bonchev–Trinajstić information content (AvgIpc) is 3.25. The predicted octanol–water partition coefficient (Wildman–Crippen LogP) is 3.15. The molecule has 118 valence electrons. The normalized spacial score (nSPS) is 14.4. The van der Waals surface area contributed by atoms with Gasteiger partial charge in [-0.25, -0.2) is 4.98 Å². The molecule has 1 aromatic rings. The van der Waals surface area contributed by atoms with E-state index in [1.165, 1.54) is 24.0 Å². The maximum atomic E-state index is 5.86. The van der Waals surface area contributed by atoms with Gasteiger partial charge in [-0.1, -0.05) is 13.3 Å². The van der Waals surface area contributed by atoms with Crippen LogP contribution in [0.25, 0.3) is 0 Å². The lowest BCUT2D eigenvalue weighted by atomic mass is 10.1. The minimum absolute atomic E-state index is 0.566. The van der Waals surface area contributed by atoms with Crippen molar-refractivity contribution in [1.82, 2.24) is 10.3 Å². The van der Waals surface area contributed by atoms with Crippen LogP contribution in [0.2, 0.25) is 0 Å². The lowest BCUT2D eigenvalue weighted by Gasteiger charge is -2.14. The summed E-state index contributed by atoms with van der Waals surface area (Å²) in [6.07, 6.45) is 4.86. The highest BCUT2D eigenvalue weighted by Gasteiger charge is 2.21. The Bertz CT molecular complexity index is 445. The summed E-state index contributed by atoms with van der Waals surface area (Å²) < 4.78 is 11.4. The van der Waals surface area contributed by atoms with Crippen molar-refractivity contribution >= 4 is 0 Å². The SMILES string of the molecule is CCCCOCCOc1nc(C)cc(C)c1CNC1CC1. The zero-order valence-corrected chi connectivity index (χ0v) is 13.6. The summed E-state index contributed by atoms with van der Waals surface area (Å²) in [5.74, 6) is 0.764. The Morgan fingerprint density at radius 3 is 2.76 bits per heavy atom. The Morgan fingerprint density at radius 2 is 2.05 bits per heavy atom. The zero-order valence-electron chi connectivity index (χ0n) is 13.6. The van der Waals surface area contributed by atoms with Crippen molar-refractivity contribution in [1.29, 1.82) is 0 Å². The molecule has 0 saturated heterocycles. The van der Waals surface area contributed by atoms with Gasteiger partial charge in [0.15, 0.2) is 0 Å². The second-order valence-corrected chi connectivity index (χ2v) is 5.83. The highest BCUT2D eigenvalue weighted by atomic mass is 16.5. The number of rotatable bonds is 10. The Kier molecular flexibility index (Phi) is 6.46. The van der Waals surface area contributed by atoms with E-state index in [2.05, 4.69) is 30.2 Å². The molecule has 0 bridgehead atoms. The van der Waals surface area contributed by atoms with Crippen LogP contribution in [0.1, 0.15) is 49.4 Å². The van der Waals surface area contributed by atoms with Crippen LogP contribution in [0.4, 0.5) is 0 Å². The van der Waals surface area contributed by atoms with Crippen molar-refractivity contribution in [2.75, 3.05) is 19.8 Å². The van der Waals surface area contributed by atoms with Crippen molar-refractivity contribution in [3.8, 4) is 5.88 Å². The molecule has 0 atom stereocenters. The van der Waals surface area contributed by atoms with E-state index < -0.39 is 0 Å². The topological polar surface area (TPSA) is 43.4 Å². The third-order valence-corrected chi connectivity index (χ3v) is 3.69. The molecule has 1 N–H and O–H groups in total. The van der Waals surface area contributed by atoms with E-state index in [1.807, 2.05) is 6.92 Å². The summed E-state index contributed by atoms with van der Waals surface area (Å²) in [7, 11) is 0. The Hall–Kier alpha value is -1.13. The quantitative estimate of drug-likeness (QED) is 0.673. The first-order chi connectivity index (χ1) is 10.2. The number of aromatic nitrogens is 1. The van der Waals surface area contributed by atoms with E-state index in [9.17, 15) is 0 Å². The molecule has 1 aliphatic rings. The largest absolute Gasteiger partial charge is 0.475 e. The summed E-state index contributed by atoms with van der Waals surface area (Å²) in [5.41, 5.74) is 3.43. The van der Waals surface area contributed by atoms with Gasteiger partial charge in [-0.3, -0.25) is 0 Å². The number of hydrogen-bond donors (Lipinski definition) is 1. The number of hydrogen-bond acceptors (Lipinski definition) is 4. The number of nitrogens with one attached hydrogen (secondary N) is 1. The van der Waals surface area contributed by atoms with Crippen LogP contribution in [0.3, 0.4) is 0 Å². The number of aryl methyl sites for hydroxylation is 2. The van der Waals surface area contributed by atoms with Crippen molar-refractivity contribution in [3.63, 3.8) is 0 Å². The van der Waals surface area contributed by atoms with Gasteiger partial charge in [0.05, 0.1) is 6.61 Å². The van der Waals surface area contributed by atoms with Gasteiger partial charge in [0.25, 0.3) is 0 Å². The second-order valence-electron chi connectivity index (χ2n) is 5.83. The molecule has 1 saturated carbocycles. The highest BCUT2D eigenvalue weighted by Crippen LogP contribution is 2.24. The van der Waals surface area contributed by atoms with Crippen LogP contribution in [-0.4, -0.2) is 30.8 Å². The molecular weight excluding hydrogens is 264 g/mol. The molecule has 1 aromatic heterocycles.